The van der Waals surface area contributed by atoms with Crippen LogP contribution >= 0.6 is 0 Å². The highest BCUT2D eigenvalue weighted by Gasteiger charge is 2.19. The van der Waals surface area contributed by atoms with Gasteiger partial charge in [0, 0.05) is 54.6 Å². The molecule has 0 fully saturated rings. The number of hydrogen-bond acceptors (Lipinski definition) is 5. The fourth-order valence-corrected chi connectivity index (χ4v) is 3.16. The number of nitrogens with one attached hydrogen (secondary N) is 1. The number of aromatic nitrogens is 5. The van der Waals surface area contributed by atoms with Gasteiger partial charge in [0.05, 0.1) is 17.6 Å². The van der Waals surface area contributed by atoms with Crippen molar-refractivity contribution >= 4 is 5.82 Å². The van der Waals surface area contributed by atoms with Crippen molar-refractivity contribution in [3.8, 4) is 33.6 Å². The van der Waals surface area contributed by atoms with Crippen LogP contribution in [0.5, 0.6) is 0 Å². The highest BCUT2D eigenvalue weighted by Crippen LogP contribution is 2.39. The summed E-state index contributed by atoms with van der Waals surface area (Å²) < 4.78 is 1.80. The number of nitrogens with zero attached hydrogens (tertiary/aromatic N) is 5. The molecule has 4 rings (SSSR count). The van der Waals surface area contributed by atoms with Gasteiger partial charge in [0.1, 0.15) is 5.82 Å². The summed E-state index contributed by atoms with van der Waals surface area (Å²) in [6, 6.07) is 12.2. The summed E-state index contributed by atoms with van der Waals surface area (Å²) in [4.78, 5) is 13.7. The molecule has 4 aromatic heterocycles. The summed E-state index contributed by atoms with van der Waals surface area (Å²) in [6.07, 6.45) is 9.30. The van der Waals surface area contributed by atoms with E-state index in [0.717, 1.165) is 39.5 Å². The lowest BCUT2D eigenvalue weighted by Crippen LogP contribution is -2.13. The molecule has 0 bridgehead atoms. The van der Waals surface area contributed by atoms with Gasteiger partial charge in [0.15, 0.2) is 0 Å². The first kappa shape index (κ1) is 17.9. The molecule has 4 aromatic rings. The molecule has 0 saturated heterocycles. The molecule has 0 aromatic carbocycles. The van der Waals surface area contributed by atoms with Crippen molar-refractivity contribution in [1.82, 2.24) is 24.7 Å². The molecule has 0 spiro atoms. The second-order valence-electron chi connectivity index (χ2n) is 6.94. The van der Waals surface area contributed by atoms with Gasteiger partial charge in [0.25, 0.3) is 0 Å². The lowest BCUT2D eigenvalue weighted by Gasteiger charge is -2.18. The standard InChI is InChI=1S/C22H22N6/c1-15(2)26-22-21(17-13-25-28(3)14-17)18(16-7-6-9-23-12-16)11-20(27-22)19-8-4-5-10-24-19/h4-15H,1-3H3,(H,26,27). The molecule has 6 nitrogen and oxygen atoms in total. The summed E-state index contributed by atoms with van der Waals surface area (Å²) in [5, 5.41) is 7.87. The topological polar surface area (TPSA) is 68.5 Å². The molecule has 0 aliphatic rings. The van der Waals surface area contributed by atoms with Gasteiger partial charge >= 0.3 is 0 Å². The van der Waals surface area contributed by atoms with E-state index >= 15 is 0 Å². The fraction of sp³-hybridized carbons (Fsp3) is 0.182. The molecule has 0 aliphatic heterocycles. The van der Waals surface area contributed by atoms with Crippen molar-refractivity contribution in [2.75, 3.05) is 5.32 Å². The van der Waals surface area contributed by atoms with E-state index in [1.54, 1.807) is 17.1 Å². The molecular weight excluding hydrogens is 348 g/mol. The Bertz CT molecular complexity index is 1070. The molecular formula is C22H22N6. The Labute approximate surface area is 164 Å². The van der Waals surface area contributed by atoms with Crippen LogP contribution in [-0.2, 0) is 7.05 Å². The van der Waals surface area contributed by atoms with Gasteiger partial charge in [-0.3, -0.25) is 14.6 Å². The zero-order valence-electron chi connectivity index (χ0n) is 16.2. The number of anilines is 1. The van der Waals surface area contributed by atoms with Crippen LogP contribution in [0.15, 0.2) is 67.4 Å². The molecule has 0 amide bonds. The quantitative estimate of drug-likeness (QED) is 0.563. The van der Waals surface area contributed by atoms with E-state index < -0.39 is 0 Å². The van der Waals surface area contributed by atoms with E-state index in [-0.39, 0.29) is 6.04 Å². The average Bonchev–Trinajstić information content (AvgIpc) is 3.14. The van der Waals surface area contributed by atoms with Crippen LogP contribution < -0.4 is 5.32 Å². The minimum atomic E-state index is 0.226. The van der Waals surface area contributed by atoms with Crippen molar-refractivity contribution in [1.29, 1.82) is 0 Å². The smallest absolute Gasteiger partial charge is 0.135 e. The Morgan fingerprint density at radius 2 is 1.86 bits per heavy atom. The van der Waals surface area contributed by atoms with E-state index in [0.29, 0.717) is 0 Å². The summed E-state index contributed by atoms with van der Waals surface area (Å²) in [6.45, 7) is 4.21. The second kappa shape index (κ2) is 7.60. The van der Waals surface area contributed by atoms with Crippen molar-refractivity contribution < 1.29 is 0 Å². The maximum Gasteiger partial charge on any atom is 0.135 e. The lowest BCUT2D eigenvalue weighted by molar-refractivity contribution is 0.768. The van der Waals surface area contributed by atoms with E-state index in [1.807, 2.05) is 49.9 Å². The van der Waals surface area contributed by atoms with Crippen LogP contribution in [0.25, 0.3) is 33.6 Å². The summed E-state index contributed by atoms with van der Waals surface area (Å²) >= 11 is 0. The van der Waals surface area contributed by atoms with Crippen LogP contribution in [0.4, 0.5) is 5.82 Å². The molecule has 0 radical (unpaired) electrons. The Balaban J connectivity index is 2.01. The third kappa shape index (κ3) is 3.62. The van der Waals surface area contributed by atoms with Gasteiger partial charge in [-0.15, -0.1) is 0 Å². The first-order valence-electron chi connectivity index (χ1n) is 9.24. The first-order valence-corrected chi connectivity index (χ1v) is 9.24. The van der Waals surface area contributed by atoms with Gasteiger partial charge in [0.2, 0.25) is 0 Å². The molecule has 1 N–H and O–H groups in total. The second-order valence-corrected chi connectivity index (χ2v) is 6.94. The third-order valence-electron chi connectivity index (χ3n) is 4.34. The number of pyridine rings is 3. The van der Waals surface area contributed by atoms with Crippen molar-refractivity contribution in [2.24, 2.45) is 7.05 Å². The zero-order chi connectivity index (χ0) is 19.5. The number of aryl methyl sites for hydroxylation is 1. The van der Waals surface area contributed by atoms with Gasteiger partial charge in [-0.05, 0) is 43.7 Å². The molecule has 4 heterocycles. The SMILES string of the molecule is CC(C)Nc1nc(-c2ccccn2)cc(-c2cccnc2)c1-c1cnn(C)c1. The zero-order valence-corrected chi connectivity index (χ0v) is 16.2. The van der Waals surface area contributed by atoms with E-state index in [4.69, 9.17) is 4.98 Å². The minimum Gasteiger partial charge on any atom is -0.367 e. The predicted molar refractivity (Wildman–Crippen MR) is 112 cm³/mol. The van der Waals surface area contributed by atoms with Crippen LogP contribution in [-0.4, -0.2) is 30.8 Å². The Morgan fingerprint density at radius 3 is 2.50 bits per heavy atom. The predicted octanol–water partition coefficient (Wildman–Crippen LogP) is 4.43. The molecule has 0 atom stereocenters. The molecule has 28 heavy (non-hydrogen) atoms. The van der Waals surface area contributed by atoms with E-state index in [9.17, 15) is 0 Å². The number of rotatable bonds is 5. The van der Waals surface area contributed by atoms with Gasteiger partial charge < -0.3 is 5.32 Å². The summed E-state index contributed by atoms with van der Waals surface area (Å²) in [7, 11) is 1.92. The van der Waals surface area contributed by atoms with Gasteiger partial charge in [-0.25, -0.2) is 4.98 Å². The first-order chi connectivity index (χ1) is 13.6. The van der Waals surface area contributed by atoms with Crippen LogP contribution in [0, 0.1) is 0 Å². The Morgan fingerprint density at radius 1 is 0.964 bits per heavy atom. The van der Waals surface area contributed by atoms with Crippen LogP contribution in [0.1, 0.15) is 13.8 Å². The lowest BCUT2D eigenvalue weighted by atomic mass is 9.96. The molecule has 0 aliphatic carbocycles. The van der Waals surface area contributed by atoms with Crippen molar-refractivity contribution in [2.45, 2.75) is 19.9 Å². The van der Waals surface area contributed by atoms with E-state index in [1.165, 1.54) is 0 Å². The van der Waals surface area contributed by atoms with Crippen molar-refractivity contribution in [3.05, 3.63) is 67.4 Å². The maximum absolute atomic E-state index is 4.92. The maximum atomic E-state index is 4.92. The highest BCUT2D eigenvalue weighted by molar-refractivity contribution is 5.92. The van der Waals surface area contributed by atoms with Gasteiger partial charge in [-0.1, -0.05) is 12.1 Å². The van der Waals surface area contributed by atoms with Crippen LogP contribution in [0.3, 0.4) is 0 Å². The Hall–Kier alpha value is -3.54. The minimum absolute atomic E-state index is 0.226. The van der Waals surface area contributed by atoms with Crippen LogP contribution in [0.2, 0.25) is 0 Å². The summed E-state index contributed by atoms with van der Waals surface area (Å²) in [5.74, 6) is 0.810. The van der Waals surface area contributed by atoms with E-state index in [2.05, 4.69) is 46.4 Å². The molecule has 0 saturated carbocycles. The van der Waals surface area contributed by atoms with Crippen molar-refractivity contribution in [3.63, 3.8) is 0 Å². The molecule has 140 valence electrons. The average molecular weight is 370 g/mol. The molecule has 6 heteroatoms. The largest absolute Gasteiger partial charge is 0.367 e. The normalized spacial score (nSPS) is 11.0. The van der Waals surface area contributed by atoms with Gasteiger partial charge in [-0.2, -0.15) is 5.10 Å². The third-order valence-corrected chi connectivity index (χ3v) is 4.34. The summed E-state index contributed by atoms with van der Waals surface area (Å²) in [5.41, 5.74) is 5.72. The highest BCUT2D eigenvalue weighted by atomic mass is 15.2. The number of hydrogen-bond donors (Lipinski definition) is 1. The Kier molecular flexibility index (Phi) is 4.85. The monoisotopic (exact) mass is 370 g/mol. The fourth-order valence-electron chi connectivity index (χ4n) is 3.16. The molecule has 0 unspecified atom stereocenters.